The summed E-state index contributed by atoms with van der Waals surface area (Å²) in [6, 6.07) is 2.20. The Bertz CT molecular complexity index is 770. The zero-order valence-electron chi connectivity index (χ0n) is 14.1. The first kappa shape index (κ1) is 16.2. The smallest absolute Gasteiger partial charge is 0.222 e. The summed E-state index contributed by atoms with van der Waals surface area (Å²) in [5.41, 5.74) is 10.2. The van der Waals surface area contributed by atoms with Crippen LogP contribution in [0.4, 0.5) is 11.8 Å². The van der Waals surface area contributed by atoms with Gasteiger partial charge in [-0.2, -0.15) is 5.26 Å². The van der Waals surface area contributed by atoms with Crippen molar-refractivity contribution in [3.8, 4) is 17.2 Å². The first-order valence-corrected chi connectivity index (χ1v) is 8.42. The molecular weight excluding hydrogens is 300 g/mol. The second kappa shape index (κ2) is 6.83. The molecule has 0 spiro atoms. The minimum absolute atomic E-state index is 0.302. The Kier molecular flexibility index (Phi) is 4.61. The highest BCUT2D eigenvalue weighted by Crippen LogP contribution is 2.39. The lowest BCUT2D eigenvalue weighted by Gasteiger charge is -2.18. The van der Waals surface area contributed by atoms with E-state index in [-0.39, 0.29) is 0 Å². The molecule has 2 aromatic heterocycles. The fourth-order valence-corrected chi connectivity index (χ4v) is 3.49. The number of nitrogens with two attached hydrogens (primary N) is 1. The number of aromatic nitrogens is 3. The van der Waals surface area contributed by atoms with Crippen molar-refractivity contribution < 1.29 is 0 Å². The number of nitrogen functional groups attached to an aromatic ring is 1. The second-order valence-corrected chi connectivity index (χ2v) is 6.18. The molecule has 6 heteroatoms. The molecule has 24 heavy (non-hydrogen) atoms. The number of nitrogens with zero attached hydrogens (tertiary/aromatic N) is 4. The highest BCUT2D eigenvalue weighted by Gasteiger charge is 2.25. The van der Waals surface area contributed by atoms with E-state index in [1.807, 2.05) is 13.8 Å². The topological polar surface area (TPSA) is 101 Å². The van der Waals surface area contributed by atoms with Crippen LogP contribution in [0.1, 0.15) is 55.3 Å². The first-order valence-electron chi connectivity index (χ1n) is 8.42. The van der Waals surface area contributed by atoms with Gasteiger partial charge in [-0.25, -0.2) is 15.0 Å². The number of nitriles is 1. The molecule has 0 saturated heterocycles. The van der Waals surface area contributed by atoms with E-state index in [0.717, 1.165) is 41.8 Å². The van der Waals surface area contributed by atoms with E-state index >= 15 is 0 Å². The Balaban J connectivity index is 2.12. The molecule has 2 aromatic rings. The van der Waals surface area contributed by atoms with Crippen molar-refractivity contribution in [1.29, 1.82) is 5.26 Å². The zero-order chi connectivity index (χ0) is 17.1. The zero-order valence-corrected chi connectivity index (χ0v) is 14.1. The predicted molar refractivity (Wildman–Crippen MR) is 94.5 cm³/mol. The van der Waals surface area contributed by atoms with Gasteiger partial charge in [-0.1, -0.05) is 12.8 Å². The lowest BCUT2D eigenvalue weighted by molar-refractivity contribution is 0.693. The van der Waals surface area contributed by atoms with Gasteiger partial charge in [0.25, 0.3) is 0 Å². The molecule has 0 atom stereocenters. The van der Waals surface area contributed by atoms with Gasteiger partial charge in [0.05, 0.1) is 0 Å². The Hall–Kier alpha value is -2.68. The van der Waals surface area contributed by atoms with E-state index in [4.69, 9.17) is 5.73 Å². The minimum Gasteiger partial charge on any atom is -0.383 e. The van der Waals surface area contributed by atoms with Crippen LogP contribution < -0.4 is 11.1 Å². The van der Waals surface area contributed by atoms with Crippen molar-refractivity contribution in [2.75, 3.05) is 17.6 Å². The fraction of sp³-hybridized carbons (Fsp3) is 0.444. The van der Waals surface area contributed by atoms with Gasteiger partial charge >= 0.3 is 0 Å². The lowest BCUT2D eigenvalue weighted by atomic mass is 9.91. The first-order chi connectivity index (χ1) is 11.7. The van der Waals surface area contributed by atoms with Crippen LogP contribution in [0.5, 0.6) is 0 Å². The molecule has 1 fully saturated rings. The minimum atomic E-state index is 0.302. The molecule has 3 N–H and O–H groups in total. The molecule has 1 aliphatic rings. The predicted octanol–water partition coefficient (Wildman–Crippen LogP) is 3.39. The monoisotopic (exact) mass is 322 g/mol. The van der Waals surface area contributed by atoms with Crippen LogP contribution in [0, 0.1) is 18.3 Å². The molecule has 6 nitrogen and oxygen atoms in total. The van der Waals surface area contributed by atoms with Crippen LogP contribution in [0.25, 0.3) is 11.1 Å². The second-order valence-electron chi connectivity index (χ2n) is 6.18. The summed E-state index contributed by atoms with van der Waals surface area (Å²) in [5.74, 6) is 1.31. The van der Waals surface area contributed by atoms with Crippen LogP contribution in [-0.2, 0) is 0 Å². The van der Waals surface area contributed by atoms with Crippen molar-refractivity contribution >= 4 is 11.8 Å². The average Bonchev–Trinajstić information content (AvgIpc) is 3.12. The van der Waals surface area contributed by atoms with Crippen LogP contribution in [0.2, 0.25) is 0 Å². The van der Waals surface area contributed by atoms with Crippen molar-refractivity contribution in [1.82, 2.24) is 15.0 Å². The number of rotatable bonds is 4. The van der Waals surface area contributed by atoms with Gasteiger partial charge in [0.2, 0.25) is 5.95 Å². The van der Waals surface area contributed by atoms with Gasteiger partial charge in [-0.05, 0) is 32.3 Å². The molecular formula is C18H22N6. The molecule has 0 amide bonds. The lowest BCUT2D eigenvalue weighted by Crippen LogP contribution is -2.09. The Morgan fingerprint density at radius 3 is 2.54 bits per heavy atom. The summed E-state index contributed by atoms with van der Waals surface area (Å²) < 4.78 is 0. The Morgan fingerprint density at radius 1 is 1.29 bits per heavy atom. The highest BCUT2D eigenvalue weighted by molar-refractivity contribution is 5.78. The van der Waals surface area contributed by atoms with Crippen molar-refractivity contribution in [3.05, 3.63) is 29.2 Å². The SMILES string of the molecule is CCNc1ncc(-c2c(C)c(C3CCCC3)nc(N)c2C#N)cn1. The molecule has 0 aromatic carbocycles. The van der Waals surface area contributed by atoms with Crippen molar-refractivity contribution in [3.63, 3.8) is 0 Å². The normalized spacial score (nSPS) is 14.5. The van der Waals surface area contributed by atoms with Gasteiger partial charge in [0.15, 0.2) is 0 Å². The quantitative estimate of drug-likeness (QED) is 0.895. The van der Waals surface area contributed by atoms with Gasteiger partial charge in [0.1, 0.15) is 17.5 Å². The number of hydrogen-bond acceptors (Lipinski definition) is 6. The number of pyridine rings is 1. The summed E-state index contributed by atoms with van der Waals surface area (Å²) in [6.07, 6.45) is 8.20. The molecule has 0 aliphatic heterocycles. The van der Waals surface area contributed by atoms with E-state index in [0.29, 0.717) is 23.2 Å². The number of hydrogen-bond donors (Lipinski definition) is 2. The summed E-state index contributed by atoms with van der Waals surface area (Å²) in [5, 5.41) is 12.6. The summed E-state index contributed by atoms with van der Waals surface area (Å²) >= 11 is 0. The van der Waals surface area contributed by atoms with Gasteiger partial charge in [-0.15, -0.1) is 0 Å². The molecule has 0 unspecified atom stereocenters. The number of anilines is 2. The molecule has 1 aliphatic carbocycles. The standard InChI is InChI=1S/C18H22N6/c1-3-21-18-22-9-13(10-23-18)15-11(2)16(12-6-4-5-7-12)24-17(20)14(15)8-19/h9-10,12H,3-7H2,1-2H3,(H2,20,24)(H,21,22,23). The van der Waals surface area contributed by atoms with Crippen LogP contribution in [0.15, 0.2) is 12.4 Å². The molecule has 2 heterocycles. The molecule has 1 saturated carbocycles. The third-order valence-corrected chi connectivity index (χ3v) is 4.64. The maximum Gasteiger partial charge on any atom is 0.222 e. The van der Waals surface area contributed by atoms with E-state index in [1.165, 1.54) is 12.8 Å². The molecule has 3 rings (SSSR count). The summed E-state index contributed by atoms with van der Waals surface area (Å²) in [4.78, 5) is 13.2. The van der Waals surface area contributed by atoms with Gasteiger partial charge in [-0.3, -0.25) is 0 Å². The van der Waals surface area contributed by atoms with Crippen LogP contribution >= 0.6 is 0 Å². The van der Waals surface area contributed by atoms with Gasteiger partial charge in [0, 0.05) is 41.7 Å². The van der Waals surface area contributed by atoms with Crippen molar-refractivity contribution in [2.45, 2.75) is 45.4 Å². The van der Waals surface area contributed by atoms with Gasteiger partial charge < -0.3 is 11.1 Å². The van der Waals surface area contributed by atoms with E-state index in [2.05, 4.69) is 26.3 Å². The van der Waals surface area contributed by atoms with E-state index < -0.39 is 0 Å². The Labute approximate surface area is 142 Å². The third kappa shape index (κ3) is 2.90. The third-order valence-electron chi connectivity index (χ3n) is 4.64. The average molecular weight is 322 g/mol. The molecule has 0 bridgehead atoms. The fourth-order valence-electron chi connectivity index (χ4n) is 3.49. The summed E-state index contributed by atoms with van der Waals surface area (Å²) in [7, 11) is 0. The molecule has 124 valence electrons. The summed E-state index contributed by atoms with van der Waals surface area (Å²) in [6.45, 7) is 4.77. The van der Waals surface area contributed by atoms with Crippen LogP contribution in [-0.4, -0.2) is 21.5 Å². The van der Waals surface area contributed by atoms with Crippen LogP contribution in [0.3, 0.4) is 0 Å². The van der Waals surface area contributed by atoms with E-state index in [9.17, 15) is 5.26 Å². The number of nitrogens with one attached hydrogen (secondary N) is 1. The highest BCUT2D eigenvalue weighted by atomic mass is 15.1. The molecule has 0 radical (unpaired) electrons. The van der Waals surface area contributed by atoms with Crippen molar-refractivity contribution in [2.24, 2.45) is 0 Å². The largest absolute Gasteiger partial charge is 0.383 e. The van der Waals surface area contributed by atoms with E-state index in [1.54, 1.807) is 12.4 Å². The Morgan fingerprint density at radius 2 is 1.96 bits per heavy atom. The maximum atomic E-state index is 9.56. The maximum absolute atomic E-state index is 9.56.